The van der Waals surface area contributed by atoms with E-state index in [0.717, 1.165) is 22.2 Å². The van der Waals surface area contributed by atoms with E-state index in [9.17, 15) is 10.0 Å². The molecule has 0 aliphatic carbocycles. The normalized spacial score (nSPS) is 10.7. The number of carbonyl (C=O) groups excluding carboxylic acids is 1. The number of amides is 1. The third-order valence-electron chi connectivity index (χ3n) is 3.25. The van der Waals surface area contributed by atoms with Gasteiger partial charge in [0.25, 0.3) is 0 Å². The Hall–Kier alpha value is -2.59. The molecule has 0 aliphatic heterocycles. The number of hydrogen-bond donors (Lipinski definition) is 2. The summed E-state index contributed by atoms with van der Waals surface area (Å²) in [5.74, 6) is -0.414. The lowest BCUT2D eigenvalue weighted by molar-refractivity contribution is -0.121. The molecule has 0 fully saturated rings. The number of benzene rings is 2. The Morgan fingerprint density at radius 3 is 2.45 bits per heavy atom. The van der Waals surface area contributed by atoms with Crippen LogP contribution in [-0.2, 0) is 4.79 Å². The Balaban J connectivity index is 1.96. The highest BCUT2D eigenvalue weighted by molar-refractivity contribution is 5.90. The maximum atomic E-state index is 11.1. The van der Waals surface area contributed by atoms with Crippen molar-refractivity contribution in [2.24, 2.45) is 0 Å². The summed E-state index contributed by atoms with van der Waals surface area (Å²) in [5, 5.41) is 11.3. The molecule has 1 aromatic heterocycles. The van der Waals surface area contributed by atoms with Crippen LogP contribution < -0.4 is 5.06 Å². The van der Waals surface area contributed by atoms with Crippen LogP contribution in [0, 0.1) is 0 Å². The third-order valence-corrected chi connectivity index (χ3v) is 3.25. The maximum absolute atomic E-state index is 11.1. The lowest BCUT2D eigenvalue weighted by atomic mass is 10.1. The minimum Gasteiger partial charge on any atom is -0.355 e. The van der Waals surface area contributed by atoms with Crippen molar-refractivity contribution in [1.29, 1.82) is 0 Å². The number of anilines is 1. The van der Waals surface area contributed by atoms with Crippen molar-refractivity contribution in [3.05, 3.63) is 54.6 Å². The molecular weight excluding hydrogens is 252 g/mol. The summed E-state index contributed by atoms with van der Waals surface area (Å²) in [7, 11) is 0. The Bertz CT molecular complexity index is 727. The second-order valence-corrected chi connectivity index (χ2v) is 4.65. The van der Waals surface area contributed by atoms with Crippen molar-refractivity contribution in [3.8, 4) is 11.3 Å². The smallest absolute Gasteiger partial charge is 0.247 e. The van der Waals surface area contributed by atoms with Gasteiger partial charge in [-0.25, -0.2) is 0 Å². The van der Waals surface area contributed by atoms with Gasteiger partial charge in [-0.05, 0) is 29.8 Å². The summed E-state index contributed by atoms with van der Waals surface area (Å²) in [6, 6.07) is 17.3. The second-order valence-electron chi connectivity index (χ2n) is 4.65. The van der Waals surface area contributed by atoms with Crippen molar-refractivity contribution in [1.82, 2.24) is 4.98 Å². The highest BCUT2D eigenvalue weighted by Crippen LogP contribution is 2.25. The maximum Gasteiger partial charge on any atom is 0.247 e. The van der Waals surface area contributed by atoms with Crippen molar-refractivity contribution in [2.45, 2.75) is 6.92 Å². The summed E-state index contributed by atoms with van der Waals surface area (Å²) >= 11 is 0. The number of para-hydroxylation sites is 1. The van der Waals surface area contributed by atoms with E-state index in [0.29, 0.717) is 10.8 Å². The molecule has 0 spiro atoms. The van der Waals surface area contributed by atoms with E-state index < -0.39 is 5.91 Å². The molecule has 3 aromatic rings. The van der Waals surface area contributed by atoms with Gasteiger partial charge in [0.15, 0.2) is 0 Å². The second kappa shape index (κ2) is 4.83. The molecule has 0 atom stereocenters. The zero-order valence-electron chi connectivity index (χ0n) is 11.0. The van der Waals surface area contributed by atoms with E-state index in [4.69, 9.17) is 0 Å². The molecule has 3 rings (SSSR count). The molecule has 2 N–H and O–H groups in total. The van der Waals surface area contributed by atoms with Gasteiger partial charge in [-0.3, -0.25) is 10.0 Å². The highest BCUT2D eigenvalue weighted by Gasteiger charge is 2.08. The Labute approximate surface area is 116 Å². The standard InChI is InChI=1S/C16H14N2O2/c1-11(19)18(20)14-8-6-12(7-9-14)16-10-13-4-2-3-5-15(13)17-16/h2-10,17,20H,1H3. The number of H-pyrrole nitrogens is 1. The van der Waals surface area contributed by atoms with Gasteiger partial charge in [-0.1, -0.05) is 30.3 Å². The van der Waals surface area contributed by atoms with Gasteiger partial charge in [0.2, 0.25) is 5.91 Å². The van der Waals surface area contributed by atoms with Crippen LogP contribution in [0.15, 0.2) is 54.6 Å². The van der Waals surface area contributed by atoms with Gasteiger partial charge >= 0.3 is 0 Å². The number of hydrogen-bond acceptors (Lipinski definition) is 2. The minimum absolute atomic E-state index is 0.414. The van der Waals surface area contributed by atoms with E-state index in [1.807, 2.05) is 30.3 Å². The molecule has 0 bridgehead atoms. The minimum atomic E-state index is -0.414. The fourth-order valence-corrected chi connectivity index (χ4v) is 2.19. The fourth-order valence-electron chi connectivity index (χ4n) is 2.19. The largest absolute Gasteiger partial charge is 0.355 e. The van der Waals surface area contributed by atoms with E-state index >= 15 is 0 Å². The molecule has 0 saturated heterocycles. The number of aromatic amines is 1. The predicted molar refractivity (Wildman–Crippen MR) is 78.7 cm³/mol. The van der Waals surface area contributed by atoms with Crippen molar-refractivity contribution in [2.75, 3.05) is 5.06 Å². The Morgan fingerprint density at radius 1 is 1.10 bits per heavy atom. The quantitative estimate of drug-likeness (QED) is 0.550. The number of rotatable bonds is 2. The predicted octanol–water partition coefficient (Wildman–Crippen LogP) is 3.58. The van der Waals surface area contributed by atoms with Crippen molar-refractivity contribution in [3.63, 3.8) is 0 Å². The molecule has 1 heterocycles. The number of aromatic nitrogens is 1. The number of carbonyl (C=O) groups is 1. The van der Waals surface area contributed by atoms with Crippen LogP contribution in [0.1, 0.15) is 6.92 Å². The van der Waals surface area contributed by atoms with Gasteiger partial charge in [0.05, 0.1) is 5.69 Å². The van der Waals surface area contributed by atoms with Crippen molar-refractivity contribution >= 4 is 22.5 Å². The number of fused-ring (bicyclic) bond motifs is 1. The number of nitrogens with one attached hydrogen (secondary N) is 1. The van der Waals surface area contributed by atoms with Crippen LogP contribution in [0.2, 0.25) is 0 Å². The van der Waals surface area contributed by atoms with Crippen LogP contribution in [0.5, 0.6) is 0 Å². The zero-order valence-corrected chi connectivity index (χ0v) is 11.0. The Morgan fingerprint density at radius 2 is 1.80 bits per heavy atom. The van der Waals surface area contributed by atoms with Gasteiger partial charge in [0.1, 0.15) is 0 Å². The average molecular weight is 266 g/mol. The van der Waals surface area contributed by atoms with Gasteiger partial charge < -0.3 is 4.98 Å². The summed E-state index contributed by atoms with van der Waals surface area (Å²) in [5.41, 5.74) is 3.54. The highest BCUT2D eigenvalue weighted by atomic mass is 16.5. The Kier molecular flexibility index (Phi) is 3.00. The molecule has 4 nitrogen and oxygen atoms in total. The van der Waals surface area contributed by atoms with Crippen LogP contribution in [0.4, 0.5) is 5.69 Å². The first kappa shape index (κ1) is 12.4. The topological polar surface area (TPSA) is 56.3 Å². The van der Waals surface area contributed by atoms with E-state index in [1.54, 1.807) is 12.1 Å². The molecule has 0 radical (unpaired) electrons. The van der Waals surface area contributed by atoms with Crippen LogP contribution in [0.3, 0.4) is 0 Å². The molecule has 0 unspecified atom stereocenters. The average Bonchev–Trinajstić information content (AvgIpc) is 2.90. The lowest BCUT2D eigenvalue weighted by Gasteiger charge is -2.12. The van der Waals surface area contributed by atoms with E-state index in [1.165, 1.54) is 6.92 Å². The molecule has 2 aromatic carbocycles. The molecular formula is C16H14N2O2. The molecule has 4 heteroatoms. The molecule has 20 heavy (non-hydrogen) atoms. The van der Waals surface area contributed by atoms with Crippen LogP contribution in [-0.4, -0.2) is 16.1 Å². The van der Waals surface area contributed by atoms with Gasteiger partial charge in [0, 0.05) is 23.5 Å². The number of nitrogens with zero attached hydrogens (tertiary/aromatic N) is 1. The number of hydroxylamine groups is 1. The summed E-state index contributed by atoms with van der Waals surface area (Å²) in [6.07, 6.45) is 0. The molecule has 0 saturated carbocycles. The monoisotopic (exact) mass is 266 g/mol. The van der Waals surface area contributed by atoms with Crippen LogP contribution >= 0.6 is 0 Å². The summed E-state index contributed by atoms with van der Waals surface area (Å²) < 4.78 is 0. The first-order chi connectivity index (χ1) is 9.65. The first-order valence-electron chi connectivity index (χ1n) is 6.33. The molecule has 100 valence electrons. The fraction of sp³-hybridized carbons (Fsp3) is 0.0625. The lowest BCUT2D eigenvalue weighted by Crippen LogP contribution is -2.23. The SMILES string of the molecule is CC(=O)N(O)c1ccc(-c2cc3ccccc3[nH]2)cc1. The molecule has 1 amide bonds. The van der Waals surface area contributed by atoms with Gasteiger partial charge in [-0.2, -0.15) is 5.06 Å². The molecule has 0 aliphatic rings. The first-order valence-corrected chi connectivity index (χ1v) is 6.33. The zero-order chi connectivity index (χ0) is 14.1. The van der Waals surface area contributed by atoms with E-state index in [2.05, 4.69) is 17.1 Å². The van der Waals surface area contributed by atoms with E-state index in [-0.39, 0.29) is 0 Å². The summed E-state index contributed by atoms with van der Waals surface area (Å²) in [6.45, 7) is 1.31. The van der Waals surface area contributed by atoms with Crippen molar-refractivity contribution < 1.29 is 10.0 Å². The third kappa shape index (κ3) is 2.17. The summed E-state index contributed by atoms with van der Waals surface area (Å²) in [4.78, 5) is 14.4. The van der Waals surface area contributed by atoms with Crippen LogP contribution in [0.25, 0.3) is 22.2 Å². The van der Waals surface area contributed by atoms with Gasteiger partial charge in [-0.15, -0.1) is 0 Å².